The Hall–Kier alpha value is -3.18. The van der Waals surface area contributed by atoms with Gasteiger partial charge in [-0.3, -0.25) is 9.78 Å². The van der Waals surface area contributed by atoms with Crippen molar-refractivity contribution in [3.63, 3.8) is 0 Å². The van der Waals surface area contributed by atoms with Crippen LogP contribution in [0.3, 0.4) is 0 Å². The third-order valence-electron chi connectivity index (χ3n) is 7.26. The third kappa shape index (κ3) is 5.63. The van der Waals surface area contributed by atoms with Gasteiger partial charge < -0.3 is 11.1 Å². The lowest BCUT2D eigenvalue weighted by molar-refractivity contribution is 0.102. The van der Waals surface area contributed by atoms with E-state index < -0.39 is 38.7 Å². The zero-order chi connectivity index (χ0) is 27.6. The zero-order valence-electron chi connectivity index (χ0n) is 21.5. The summed E-state index contributed by atoms with van der Waals surface area (Å²) < 4.78 is 54.2. The molecular formula is C27H30BF2N4O3S. The van der Waals surface area contributed by atoms with E-state index >= 15 is 0 Å². The molecule has 1 aliphatic carbocycles. The number of nitrogens with zero attached hydrogens (tertiary/aromatic N) is 2. The molecule has 1 amide bonds. The fraction of sp³-hybridized carbons (Fsp3) is 0.370. The molecule has 4 rings (SSSR count). The summed E-state index contributed by atoms with van der Waals surface area (Å²) in [4.78, 5) is 21.5. The lowest BCUT2D eigenvalue weighted by Gasteiger charge is -2.39. The summed E-state index contributed by atoms with van der Waals surface area (Å²) in [6, 6.07) is 7.94. The number of nitrogens with two attached hydrogens (primary N) is 1. The average Bonchev–Trinajstić information content (AvgIpc) is 2.88. The Balaban J connectivity index is 1.64. The Kier molecular flexibility index (Phi) is 8.27. The van der Waals surface area contributed by atoms with Gasteiger partial charge in [0.15, 0.2) is 9.84 Å². The number of sulfone groups is 1. The Morgan fingerprint density at radius 3 is 2.61 bits per heavy atom. The topological polar surface area (TPSA) is 115 Å². The van der Waals surface area contributed by atoms with Crippen molar-refractivity contribution in [3.05, 3.63) is 71.7 Å². The summed E-state index contributed by atoms with van der Waals surface area (Å²) in [7, 11) is -1.68. The van der Waals surface area contributed by atoms with Gasteiger partial charge in [-0.25, -0.2) is 22.2 Å². The van der Waals surface area contributed by atoms with E-state index in [1.165, 1.54) is 30.7 Å². The lowest BCUT2D eigenvalue weighted by atomic mass is 9.70. The summed E-state index contributed by atoms with van der Waals surface area (Å²) in [6.07, 6.45) is 6.03. The molecule has 3 aromatic rings. The minimum absolute atomic E-state index is 0.0218. The van der Waals surface area contributed by atoms with E-state index in [0.29, 0.717) is 30.4 Å². The number of pyridine rings is 2. The molecule has 1 aromatic carbocycles. The number of hydrogen-bond donors (Lipinski definition) is 2. The molecule has 0 aliphatic heterocycles. The predicted molar refractivity (Wildman–Crippen MR) is 145 cm³/mol. The molecule has 11 heteroatoms. The standard InChI is InChI=1S/C27H30BF2N4O3S/c1-4-15-12-16(13-21(31)26(15)38(3,36)37)17-10-11-32-14-23(17)34-27(35)22-9-8-20(30)25(33-22)24-18(28-2)6-5-7-19(24)29/h5-11,14-16,21,26H,4,12-13,31H2,1-3H3,(H,34,35). The number of hydrogen-bond acceptors (Lipinski definition) is 6. The maximum absolute atomic E-state index is 14.7. The monoisotopic (exact) mass is 539 g/mol. The van der Waals surface area contributed by atoms with Gasteiger partial charge in [0.25, 0.3) is 5.91 Å². The van der Waals surface area contributed by atoms with Gasteiger partial charge in [0.05, 0.1) is 17.1 Å². The first-order valence-electron chi connectivity index (χ1n) is 12.5. The first kappa shape index (κ1) is 27.8. The Labute approximate surface area is 222 Å². The Morgan fingerprint density at radius 2 is 1.92 bits per heavy atom. The van der Waals surface area contributed by atoms with Gasteiger partial charge >= 0.3 is 0 Å². The molecule has 1 saturated carbocycles. The molecule has 1 radical (unpaired) electrons. The highest BCUT2D eigenvalue weighted by atomic mass is 32.2. The van der Waals surface area contributed by atoms with Crippen molar-refractivity contribution in [2.45, 2.75) is 50.2 Å². The molecular weight excluding hydrogens is 509 g/mol. The number of carbonyl (C=O) groups excluding carboxylic acids is 1. The lowest BCUT2D eigenvalue weighted by Crippen LogP contribution is -2.49. The van der Waals surface area contributed by atoms with Crippen LogP contribution < -0.4 is 16.5 Å². The second-order valence-electron chi connectivity index (χ2n) is 9.73. The SMILES string of the molecule is C[B]c1cccc(F)c1-c1nc(C(=O)Nc2cnccc2C2CC(N)C(S(C)(=O)=O)C(CC)C2)ccc1F. The van der Waals surface area contributed by atoms with Crippen molar-refractivity contribution < 1.29 is 22.0 Å². The van der Waals surface area contributed by atoms with Crippen molar-refractivity contribution in [2.75, 3.05) is 11.6 Å². The van der Waals surface area contributed by atoms with Crippen LogP contribution in [0.15, 0.2) is 48.8 Å². The van der Waals surface area contributed by atoms with Crippen LogP contribution in [-0.2, 0) is 9.84 Å². The first-order valence-corrected chi connectivity index (χ1v) is 14.4. The van der Waals surface area contributed by atoms with Crippen molar-refractivity contribution in [1.82, 2.24) is 9.97 Å². The van der Waals surface area contributed by atoms with Gasteiger partial charge in [0, 0.05) is 24.1 Å². The summed E-state index contributed by atoms with van der Waals surface area (Å²) in [6.45, 7) is 3.65. The van der Waals surface area contributed by atoms with E-state index in [0.717, 1.165) is 11.6 Å². The second-order valence-corrected chi connectivity index (χ2v) is 11.9. The van der Waals surface area contributed by atoms with Crippen LogP contribution >= 0.6 is 0 Å². The van der Waals surface area contributed by atoms with Gasteiger partial charge in [-0.1, -0.05) is 37.8 Å². The summed E-state index contributed by atoms with van der Waals surface area (Å²) in [5.41, 5.74) is 7.66. The van der Waals surface area contributed by atoms with E-state index in [1.807, 2.05) is 6.92 Å². The minimum Gasteiger partial charge on any atom is -0.326 e. The van der Waals surface area contributed by atoms with Gasteiger partial charge in [-0.2, -0.15) is 0 Å². The number of amides is 1. The van der Waals surface area contributed by atoms with Crippen LogP contribution in [0, 0.1) is 17.6 Å². The highest BCUT2D eigenvalue weighted by molar-refractivity contribution is 7.91. The first-order chi connectivity index (χ1) is 18.0. The number of anilines is 1. The normalized spacial score (nSPS) is 21.6. The van der Waals surface area contributed by atoms with Crippen LogP contribution in [0.2, 0.25) is 6.82 Å². The maximum atomic E-state index is 14.7. The quantitative estimate of drug-likeness (QED) is 0.443. The number of halogens is 2. The molecule has 0 bridgehead atoms. The molecule has 0 spiro atoms. The summed E-state index contributed by atoms with van der Waals surface area (Å²) in [5, 5.41) is 2.19. The summed E-state index contributed by atoms with van der Waals surface area (Å²) >= 11 is 0. The number of rotatable bonds is 7. The van der Waals surface area contributed by atoms with Crippen LogP contribution in [0.1, 0.15) is 48.2 Å². The van der Waals surface area contributed by atoms with E-state index in [2.05, 4.69) is 15.3 Å². The summed E-state index contributed by atoms with van der Waals surface area (Å²) in [5.74, 6) is -2.23. The van der Waals surface area contributed by atoms with Crippen LogP contribution in [0.4, 0.5) is 14.5 Å². The number of carbonyl (C=O) groups is 1. The molecule has 4 unspecified atom stereocenters. The Bertz CT molecular complexity index is 1450. The van der Waals surface area contributed by atoms with Crippen molar-refractivity contribution in [3.8, 4) is 11.3 Å². The molecule has 1 aliphatic rings. The molecule has 3 N–H and O–H groups in total. The van der Waals surface area contributed by atoms with Crippen LogP contribution in [-0.4, -0.2) is 49.1 Å². The molecule has 2 aromatic heterocycles. The minimum atomic E-state index is -3.32. The third-order valence-corrected chi connectivity index (χ3v) is 8.99. The van der Waals surface area contributed by atoms with Gasteiger partial charge in [0.1, 0.15) is 30.3 Å². The zero-order valence-corrected chi connectivity index (χ0v) is 22.3. The molecule has 199 valence electrons. The van der Waals surface area contributed by atoms with Crippen molar-refractivity contribution in [1.29, 1.82) is 0 Å². The van der Waals surface area contributed by atoms with Gasteiger partial charge in [-0.15, -0.1) is 0 Å². The maximum Gasteiger partial charge on any atom is 0.274 e. The fourth-order valence-electron chi connectivity index (χ4n) is 5.56. The highest BCUT2D eigenvalue weighted by Gasteiger charge is 2.41. The smallest absolute Gasteiger partial charge is 0.274 e. The number of aromatic nitrogens is 2. The average molecular weight is 539 g/mol. The van der Waals surface area contributed by atoms with E-state index in [9.17, 15) is 22.0 Å². The molecule has 7 nitrogen and oxygen atoms in total. The largest absolute Gasteiger partial charge is 0.326 e. The van der Waals surface area contributed by atoms with E-state index in [4.69, 9.17) is 5.73 Å². The van der Waals surface area contributed by atoms with Gasteiger partial charge in [0.2, 0.25) is 0 Å². The van der Waals surface area contributed by atoms with E-state index in [-0.39, 0.29) is 28.8 Å². The highest BCUT2D eigenvalue weighted by Crippen LogP contribution is 2.42. The molecule has 0 saturated heterocycles. The molecule has 2 heterocycles. The fourth-order valence-corrected chi connectivity index (χ4v) is 7.30. The van der Waals surface area contributed by atoms with Crippen molar-refractivity contribution in [2.24, 2.45) is 11.7 Å². The molecule has 4 atom stereocenters. The van der Waals surface area contributed by atoms with Gasteiger partial charge in [-0.05, 0) is 54.5 Å². The van der Waals surface area contributed by atoms with Crippen molar-refractivity contribution >= 4 is 34.2 Å². The predicted octanol–water partition coefficient (Wildman–Crippen LogP) is 3.70. The Morgan fingerprint density at radius 1 is 1.16 bits per heavy atom. The number of benzene rings is 1. The van der Waals surface area contributed by atoms with E-state index in [1.54, 1.807) is 32.4 Å². The number of nitrogens with one attached hydrogen (secondary N) is 1. The second kappa shape index (κ2) is 11.3. The molecule has 1 fully saturated rings. The molecule has 38 heavy (non-hydrogen) atoms. The van der Waals surface area contributed by atoms with Crippen LogP contribution in [0.5, 0.6) is 0 Å². The van der Waals surface area contributed by atoms with Crippen LogP contribution in [0.25, 0.3) is 11.3 Å².